The van der Waals surface area contributed by atoms with Crippen molar-refractivity contribution in [1.82, 2.24) is 0 Å². The van der Waals surface area contributed by atoms with Crippen LogP contribution in [-0.4, -0.2) is 19.6 Å². The highest BCUT2D eigenvalue weighted by Crippen LogP contribution is 2.14. The Morgan fingerprint density at radius 1 is 1.00 bits per heavy atom. The Morgan fingerprint density at radius 3 is 2.00 bits per heavy atom. The molecule has 0 aromatic heterocycles. The molecule has 0 aromatic carbocycles. The van der Waals surface area contributed by atoms with Crippen molar-refractivity contribution in [3.63, 3.8) is 0 Å². The van der Waals surface area contributed by atoms with Crippen LogP contribution in [-0.2, 0) is 14.6 Å². The molecule has 0 aliphatic rings. The minimum Gasteiger partial charge on any atom is -0.726 e. The van der Waals surface area contributed by atoms with Gasteiger partial charge in [-0.25, -0.2) is 8.42 Å². The molecule has 1 atom stereocenters. The summed E-state index contributed by atoms with van der Waals surface area (Å²) < 4.78 is 34.6. The molecule has 0 fully saturated rings. The largest absolute Gasteiger partial charge is 0.726 e. The van der Waals surface area contributed by atoms with Gasteiger partial charge in [-0.1, -0.05) is 65.2 Å². The lowest BCUT2D eigenvalue weighted by molar-refractivity contribution is 0.255. The lowest BCUT2D eigenvalue weighted by atomic mass is 10.00. The lowest BCUT2D eigenvalue weighted by Crippen LogP contribution is -2.05. The number of rotatable bonds is 12. The predicted molar refractivity (Wildman–Crippen MR) is 72.0 cm³/mol. The van der Waals surface area contributed by atoms with E-state index in [9.17, 15) is 13.0 Å². The Kier molecular flexibility index (Phi) is 10.7. The standard InChI is InChI=1S/C13H28O4S/c1-3-13(2)11-9-7-5-4-6-8-10-12-17-18(14,15)16/h13H,3-12H2,1-2H3,(H,14,15,16)/p-1. The molecule has 18 heavy (non-hydrogen) atoms. The van der Waals surface area contributed by atoms with E-state index in [0.29, 0.717) is 6.42 Å². The molecule has 0 rings (SSSR count). The first-order chi connectivity index (χ1) is 8.45. The third kappa shape index (κ3) is 13.9. The maximum Gasteiger partial charge on any atom is 0.217 e. The van der Waals surface area contributed by atoms with Gasteiger partial charge in [0.1, 0.15) is 0 Å². The molecule has 0 heterocycles. The summed E-state index contributed by atoms with van der Waals surface area (Å²) in [6.45, 7) is 4.55. The Bertz CT molecular complexity index is 275. The van der Waals surface area contributed by atoms with Gasteiger partial charge in [0.15, 0.2) is 0 Å². The van der Waals surface area contributed by atoms with Crippen molar-refractivity contribution in [3.05, 3.63) is 0 Å². The van der Waals surface area contributed by atoms with Gasteiger partial charge in [0.05, 0.1) is 6.61 Å². The Hall–Kier alpha value is -0.130. The van der Waals surface area contributed by atoms with Gasteiger partial charge in [0.2, 0.25) is 10.4 Å². The Balaban J connectivity index is 3.12. The van der Waals surface area contributed by atoms with Gasteiger partial charge >= 0.3 is 0 Å². The van der Waals surface area contributed by atoms with Crippen LogP contribution >= 0.6 is 0 Å². The Morgan fingerprint density at radius 2 is 1.50 bits per heavy atom. The van der Waals surface area contributed by atoms with E-state index in [-0.39, 0.29) is 6.61 Å². The fourth-order valence-corrected chi connectivity index (χ4v) is 2.17. The highest BCUT2D eigenvalue weighted by atomic mass is 32.3. The summed E-state index contributed by atoms with van der Waals surface area (Å²) in [7, 11) is -4.49. The Labute approximate surface area is 112 Å². The van der Waals surface area contributed by atoms with Crippen LogP contribution in [0.5, 0.6) is 0 Å². The van der Waals surface area contributed by atoms with E-state index in [1.165, 1.54) is 38.5 Å². The molecule has 0 amide bonds. The summed E-state index contributed by atoms with van der Waals surface area (Å²) in [6.07, 6.45) is 10.3. The third-order valence-electron chi connectivity index (χ3n) is 3.27. The average molecular weight is 279 g/mol. The summed E-state index contributed by atoms with van der Waals surface area (Å²) in [5, 5.41) is 0. The van der Waals surface area contributed by atoms with Crippen LogP contribution in [0.4, 0.5) is 0 Å². The SMILES string of the molecule is CCC(C)CCCCCCCCCOS(=O)(=O)[O-]. The minimum atomic E-state index is -4.49. The van der Waals surface area contributed by atoms with Crippen molar-refractivity contribution in [2.45, 2.75) is 71.6 Å². The van der Waals surface area contributed by atoms with Gasteiger partial charge in [-0.3, -0.25) is 4.18 Å². The molecule has 0 radical (unpaired) electrons. The summed E-state index contributed by atoms with van der Waals surface area (Å²) in [4.78, 5) is 0. The molecular formula is C13H27O4S-. The molecule has 0 N–H and O–H groups in total. The zero-order valence-corrected chi connectivity index (χ0v) is 12.5. The first-order valence-electron chi connectivity index (χ1n) is 7.06. The molecule has 0 aliphatic carbocycles. The minimum absolute atomic E-state index is 0.0276. The normalized spacial score (nSPS) is 13.7. The fourth-order valence-electron chi connectivity index (χ4n) is 1.84. The molecule has 1 unspecified atom stereocenters. The zero-order valence-electron chi connectivity index (χ0n) is 11.7. The highest BCUT2D eigenvalue weighted by molar-refractivity contribution is 7.80. The van der Waals surface area contributed by atoms with Crippen LogP contribution in [0, 0.1) is 5.92 Å². The first kappa shape index (κ1) is 17.9. The van der Waals surface area contributed by atoms with E-state index in [4.69, 9.17) is 0 Å². The van der Waals surface area contributed by atoms with Gasteiger partial charge in [-0.2, -0.15) is 0 Å². The van der Waals surface area contributed by atoms with Crippen molar-refractivity contribution in [2.24, 2.45) is 5.92 Å². The van der Waals surface area contributed by atoms with Gasteiger partial charge in [0, 0.05) is 0 Å². The molecule has 5 heteroatoms. The van der Waals surface area contributed by atoms with E-state index in [1.54, 1.807) is 0 Å². The van der Waals surface area contributed by atoms with Gasteiger partial charge in [-0.05, 0) is 12.3 Å². The molecule has 4 nitrogen and oxygen atoms in total. The van der Waals surface area contributed by atoms with E-state index in [2.05, 4.69) is 18.0 Å². The maximum atomic E-state index is 10.1. The third-order valence-corrected chi connectivity index (χ3v) is 3.72. The van der Waals surface area contributed by atoms with Crippen LogP contribution < -0.4 is 0 Å². The highest BCUT2D eigenvalue weighted by Gasteiger charge is 1.98. The zero-order chi connectivity index (χ0) is 13.9. The van der Waals surface area contributed by atoms with Gasteiger partial charge < -0.3 is 4.55 Å². The summed E-state index contributed by atoms with van der Waals surface area (Å²) >= 11 is 0. The van der Waals surface area contributed by atoms with Crippen molar-refractivity contribution < 1.29 is 17.2 Å². The molecule has 0 saturated heterocycles. The fraction of sp³-hybridized carbons (Fsp3) is 1.00. The molecule has 0 spiro atoms. The van der Waals surface area contributed by atoms with Gasteiger partial charge in [0.25, 0.3) is 0 Å². The summed E-state index contributed by atoms with van der Waals surface area (Å²) in [5.41, 5.74) is 0. The smallest absolute Gasteiger partial charge is 0.217 e. The van der Waals surface area contributed by atoms with E-state index in [1.807, 2.05) is 0 Å². The topological polar surface area (TPSA) is 66.4 Å². The number of unbranched alkanes of at least 4 members (excludes halogenated alkanes) is 6. The van der Waals surface area contributed by atoms with Crippen molar-refractivity contribution in [2.75, 3.05) is 6.61 Å². The van der Waals surface area contributed by atoms with E-state index >= 15 is 0 Å². The van der Waals surface area contributed by atoms with Gasteiger partial charge in [-0.15, -0.1) is 0 Å². The predicted octanol–water partition coefficient (Wildman–Crippen LogP) is 3.63. The second kappa shape index (κ2) is 10.8. The number of hydrogen-bond acceptors (Lipinski definition) is 4. The van der Waals surface area contributed by atoms with Crippen LogP contribution in [0.15, 0.2) is 0 Å². The molecule has 0 saturated carbocycles. The monoisotopic (exact) mass is 279 g/mol. The van der Waals surface area contributed by atoms with Crippen molar-refractivity contribution >= 4 is 10.4 Å². The maximum absolute atomic E-state index is 10.1. The quantitative estimate of drug-likeness (QED) is 0.311. The summed E-state index contributed by atoms with van der Waals surface area (Å²) in [6, 6.07) is 0. The lowest BCUT2D eigenvalue weighted by Gasteiger charge is -2.08. The molecule has 0 aliphatic heterocycles. The van der Waals surface area contributed by atoms with Crippen LogP contribution in [0.2, 0.25) is 0 Å². The molecular weight excluding hydrogens is 252 g/mol. The van der Waals surface area contributed by atoms with E-state index in [0.717, 1.165) is 18.8 Å². The van der Waals surface area contributed by atoms with Crippen LogP contribution in [0.1, 0.15) is 71.6 Å². The molecule has 0 bridgehead atoms. The second-order valence-electron chi connectivity index (χ2n) is 5.01. The number of hydrogen-bond donors (Lipinski definition) is 0. The van der Waals surface area contributed by atoms with Crippen LogP contribution in [0.25, 0.3) is 0 Å². The second-order valence-corrected chi connectivity index (χ2v) is 6.06. The summed E-state index contributed by atoms with van der Waals surface area (Å²) in [5.74, 6) is 0.844. The first-order valence-corrected chi connectivity index (χ1v) is 8.39. The average Bonchev–Trinajstić information content (AvgIpc) is 2.29. The van der Waals surface area contributed by atoms with Crippen molar-refractivity contribution in [3.8, 4) is 0 Å². The van der Waals surface area contributed by atoms with E-state index < -0.39 is 10.4 Å². The molecule has 0 aromatic rings. The van der Waals surface area contributed by atoms with Crippen LogP contribution in [0.3, 0.4) is 0 Å². The van der Waals surface area contributed by atoms with Crippen molar-refractivity contribution in [1.29, 1.82) is 0 Å². The molecule has 110 valence electrons.